The smallest absolute Gasteiger partial charge is 0.326 e. The van der Waals surface area contributed by atoms with Gasteiger partial charge in [-0.1, -0.05) is 6.07 Å². The summed E-state index contributed by atoms with van der Waals surface area (Å²) in [4.78, 5) is 22.1. The SMILES string of the molecule is CC(=O)C=C(C)N[C@@H](Cc1ccc(O)c(O)c1)C(=O)O. The van der Waals surface area contributed by atoms with Gasteiger partial charge in [-0.15, -0.1) is 0 Å². The number of ketones is 1. The number of rotatable bonds is 6. The van der Waals surface area contributed by atoms with Gasteiger partial charge in [0.25, 0.3) is 0 Å². The van der Waals surface area contributed by atoms with Crippen molar-refractivity contribution in [2.75, 3.05) is 0 Å². The van der Waals surface area contributed by atoms with Crippen LogP contribution in [0.5, 0.6) is 11.5 Å². The van der Waals surface area contributed by atoms with Gasteiger partial charge in [0.2, 0.25) is 0 Å². The minimum absolute atomic E-state index is 0.103. The van der Waals surface area contributed by atoms with E-state index in [0.29, 0.717) is 11.3 Å². The summed E-state index contributed by atoms with van der Waals surface area (Å²) in [5.74, 6) is -1.82. The average molecular weight is 279 g/mol. The van der Waals surface area contributed by atoms with Crippen LogP contribution >= 0.6 is 0 Å². The van der Waals surface area contributed by atoms with Crippen LogP contribution in [0.15, 0.2) is 30.0 Å². The zero-order valence-electron chi connectivity index (χ0n) is 11.3. The van der Waals surface area contributed by atoms with Gasteiger partial charge in [0, 0.05) is 12.1 Å². The molecule has 1 atom stereocenters. The maximum Gasteiger partial charge on any atom is 0.326 e. The summed E-state index contributed by atoms with van der Waals surface area (Å²) in [6.07, 6.45) is 1.41. The fourth-order valence-corrected chi connectivity index (χ4v) is 1.75. The first-order valence-corrected chi connectivity index (χ1v) is 5.98. The number of carboxylic acids is 1. The molecule has 0 fully saturated rings. The van der Waals surface area contributed by atoms with Gasteiger partial charge in [0.05, 0.1) is 0 Å². The van der Waals surface area contributed by atoms with Gasteiger partial charge in [-0.05, 0) is 37.6 Å². The van der Waals surface area contributed by atoms with Gasteiger partial charge < -0.3 is 20.6 Å². The Morgan fingerprint density at radius 1 is 1.25 bits per heavy atom. The highest BCUT2D eigenvalue weighted by molar-refractivity contribution is 5.88. The predicted molar refractivity (Wildman–Crippen MR) is 72.5 cm³/mol. The Kier molecular flexibility index (Phi) is 5.14. The summed E-state index contributed by atoms with van der Waals surface area (Å²) in [5.41, 5.74) is 1.00. The molecule has 0 radical (unpaired) electrons. The van der Waals surface area contributed by atoms with Crippen molar-refractivity contribution in [3.05, 3.63) is 35.5 Å². The highest BCUT2D eigenvalue weighted by atomic mass is 16.4. The summed E-state index contributed by atoms with van der Waals surface area (Å²) in [6, 6.07) is 3.18. The molecule has 1 rings (SSSR count). The number of carbonyl (C=O) groups excluding carboxylic acids is 1. The minimum atomic E-state index is -1.08. The summed E-state index contributed by atoms with van der Waals surface area (Å²) in [6.45, 7) is 2.98. The van der Waals surface area contributed by atoms with E-state index in [4.69, 9.17) is 5.11 Å². The van der Waals surface area contributed by atoms with Crippen LogP contribution < -0.4 is 5.32 Å². The normalized spacial score (nSPS) is 12.8. The molecule has 0 aliphatic carbocycles. The summed E-state index contributed by atoms with van der Waals surface area (Å²) >= 11 is 0. The molecule has 0 saturated heterocycles. The number of aliphatic carboxylic acids is 1. The molecule has 0 bridgehead atoms. The summed E-state index contributed by atoms with van der Waals surface area (Å²) in [7, 11) is 0. The number of benzene rings is 1. The molecule has 108 valence electrons. The Labute approximate surface area is 116 Å². The fourth-order valence-electron chi connectivity index (χ4n) is 1.75. The van der Waals surface area contributed by atoms with E-state index < -0.39 is 12.0 Å². The number of hydrogen-bond acceptors (Lipinski definition) is 5. The first kappa shape index (κ1) is 15.6. The van der Waals surface area contributed by atoms with Crippen molar-refractivity contribution in [2.24, 2.45) is 0 Å². The van der Waals surface area contributed by atoms with Crippen LogP contribution in [-0.2, 0) is 16.0 Å². The van der Waals surface area contributed by atoms with Gasteiger partial charge in [-0.3, -0.25) is 4.79 Å². The number of nitrogens with one attached hydrogen (secondary N) is 1. The maximum absolute atomic E-state index is 11.2. The highest BCUT2D eigenvalue weighted by Gasteiger charge is 2.18. The molecule has 0 aromatic heterocycles. The molecular weight excluding hydrogens is 262 g/mol. The number of phenols is 2. The molecule has 20 heavy (non-hydrogen) atoms. The van der Waals surface area contributed by atoms with E-state index in [1.807, 2.05) is 0 Å². The predicted octanol–water partition coefficient (Wildman–Crippen LogP) is 1.18. The molecule has 0 spiro atoms. The van der Waals surface area contributed by atoms with E-state index in [2.05, 4.69) is 5.32 Å². The zero-order valence-corrected chi connectivity index (χ0v) is 11.3. The third kappa shape index (κ3) is 4.64. The van der Waals surface area contributed by atoms with Crippen molar-refractivity contribution in [3.63, 3.8) is 0 Å². The van der Waals surface area contributed by atoms with Crippen LogP contribution in [0.25, 0.3) is 0 Å². The quantitative estimate of drug-likeness (QED) is 0.460. The van der Waals surface area contributed by atoms with Gasteiger partial charge in [-0.25, -0.2) is 4.79 Å². The Morgan fingerprint density at radius 3 is 2.40 bits per heavy atom. The van der Waals surface area contributed by atoms with Gasteiger partial charge in [0.1, 0.15) is 6.04 Å². The monoisotopic (exact) mass is 279 g/mol. The molecule has 0 amide bonds. The van der Waals surface area contributed by atoms with Crippen LogP contribution in [-0.4, -0.2) is 33.1 Å². The minimum Gasteiger partial charge on any atom is -0.504 e. The fraction of sp³-hybridized carbons (Fsp3) is 0.286. The second-order valence-corrected chi connectivity index (χ2v) is 4.50. The average Bonchev–Trinajstić information content (AvgIpc) is 2.31. The topological polar surface area (TPSA) is 107 Å². The van der Waals surface area contributed by atoms with Crippen molar-refractivity contribution < 1.29 is 24.9 Å². The molecular formula is C14H17NO5. The molecule has 0 unspecified atom stereocenters. The Balaban J connectivity index is 2.84. The van der Waals surface area contributed by atoms with Gasteiger partial charge in [0.15, 0.2) is 17.3 Å². The number of aromatic hydroxyl groups is 2. The Bertz CT molecular complexity index is 550. The molecule has 0 aliphatic heterocycles. The first-order chi connectivity index (χ1) is 9.29. The molecule has 0 aliphatic rings. The lowest BCUT2D eigenvalue weighted by molar-refractivity contribution is -0.139. The van der Waals surface area contributed by atoms with Gasteiger partial charge >= 0.3 is 5.97 Å². The van der Waals surface area contributed by atoms with Gasteiger partial charge in [-0.2, -0.15) is 0 Å². The van der Waals surface area contributed by atoms with E-state index in [1.165, 1.54) is 31.2 Å². The zero-order chi connectivity index (χ0) is 15.3. The number of phenolic OH excluding ortho intramolecular Hbond substituents is 2. The second-order valence-electron chi connectivity index (χ2n) is 4.50. The van der Waals surface area contributed by atoms with E-state index in [-0.39, 0.29) is 23.7 Å². The van der Waals surface area contributed by atoms with Crippen molar-refractivity contribution in [1.29, 1.82) is 0 Å². The third-order valence-corrected chi connectivity index (χ3v) is 2.60. The van der Waals surface area contributed by atoms with E-state index >= 15 is 0 Å². The third-order valence-electron chi connectivity index (χ3n) is 2.60. The first-order valence-electron chi connectivity index (χ1n) is 5.98. The molecule has 6 heteroatoms. The molecule has 0 heterocycles. The second kappa shape index (κ2) is 6.60. The number of allylic oxidation sites excluding steroid dienone is 2. The van der Waals surface area contributed by atoms with Crippen LogP contribution in [0, 0.1) is 0 Å². The largest absolute Gasteiger partial charge is 0.504 e. The van der Waals surface area contributed by atoms with Crippen LogP contribution in [0.4, 0.5) is 0 Å². The Morgan fingerprint density at radius 2 is 1.90 bits per heavy atom. The van der Waals surface area contributed by atoms with Crippen molar-refractivity contribution in [2.45, 2.75) is 26.3 Å². The van der Waals surface area contributed by atoms with Crippen LogP contribution in [0.2, 0.25) is 0 Å². The lowest BCUT2D eigenvalue weighted by atomic mass is 10.0. The lowest BCUT2D eigenvalue weighted by Crippen LogP contribution is -2.37. The molecule has 6 nitrogen and oxygen atoms in total. The van der Waals surface area contributed by atoms with E-state index in [0.717, 1.165) is 0 Å². The van der Waals surface area contributed by atoms with Crippen molar-refractivity contribution in [1.82, 2.24) is 5.32 Å². The standard InChI is InChI=1S/C14H17NO5/c1-8(5-9(2)16)15-11(14(19)20)6-10-3-4-12(17)13(18)7-10/h3-5,7,11,15,17-18H,6H2,1-2H3,(H,19,20)/t11-/m0/s1. The molecule has 0 saturated carbocycles. The van der Waals surface area contributed by atoms with E-state index in [1.54, 1.807) is 6.92 Å². The highest BCUT2D eigenvalue weighted by Crippen LogP contribution is 2.25. The summed E-state index contributed by atoms with van der Waals surface area (Å²) in [5, 5.41) is 30.5. The van der Waals surface area contributed by atoms with Crippen LogP contribution in [0.1, 0.15) is 19.4 Å². The number of hydrogen-bond donors (Lipinski definition) is 4. The maximum atomic E-state index is 11.2. The molecule has 1 aromatic carbocycles. The van der Waals surface area contributed by atoms with Crippen molar-refractivity contribution >= 4 is 11.8 Å². The van der Waals surface area contributed by atoms with E-state index in [9.17, 15) is 19.8 Å². The van der Waals surface area contributed by atoms with Crippen LogP contribution in [0.3, 0.4) is 0 Å². The number of carbonyl (C=O) groups is 2. The summed E-state index contributed by atoms with van der Waals surface area (Å²) < 4.78 is 0. The van der Waals surface area contributed by atoms with Crippen molar-refractivity contribution in [3.8, 4) is 11.5 Å². The number of carboxylic acid groups (broad SMARTS) is 1. The molecule has 4 N–H and O–H groups in total. The lowest BCUT2D eigenvalue weighted by Gasteiger charge is -2.16. The molecule has 1 aromatic rings. The Hall–Kier alpha value is -2.50.